The van der Waals surface area contributed by atoms with Gasteiger partial charge in [0.1, 0.15) is 0 Å². The largest absolute Gasteiger partial charge is 1.00 e. The van der Waals surface area contributed by atoms with Crippen molar-refractivity contribution in [3.63, 3.8) is 0 Å². The zero-order valence-corrected chi connectivity index (χ0v) is 27.3. The predicted molar refractivity (Wildman–Crippen MR) is 152 cm³/mol. The number of pyridine rings is 1. The number of halogens is 2. The lowest BCUT2D eigenvalue weighted by Crippen LogP contribution is -3.00. The van der Waals surface area contributed by atoms with E-state index in [1.807, 2.05) is 43.1 Å². The molecule has 5 rings (SSSR count). The normalized spacial score (nSPS) is 13.8. The Bertz CT molecular complexity index is 1450. The number of quaternary nitrogens is 1. The summed E-state index contributed by atoms with van der Waals surface area (Å²) in [5.74, 6) is 2.76. The van der Waals surface area contributed by atoms with Gasteiger partial charge >= 0.3 is 0 Å². The number of thioether (sulfide) groups is 1. The minimum atomic E-state index is 0. The summed E-state index contributed by atoms with van der Waals surface area (Å²) in [7, 11) is 8.77. The molecule has 7 heteroatoms. The maximum absolute atomic E-state index is 6.06. The number of para-hydroxylation sites is 4. The number of anilines is 1. The average molecular weight is 750 g/mol. The molecule has 1 aromatic heterocycles. The highest BCUT2D eigenvalue weighted by molar-refractivity contribution is 7.99. The standard InChI is InChI=1S/C31H33N3OS.2HI/c1-32-28-18-10-11-19-29(28)35-30(32)20-12-13-24-23-31(36-22-21-34(2,3)4)33(25-14-6-5-7-15-25)27-17-9-8-16-26(24)27;;/h5-20,23H,21-22H2,1-4H3;2*1H/q+2;;/p-2. The number of benzene rings is 3. The molecule has 0 fully saturated rings. The Kier molecular flexibility index (Phi) is 10.7. The summed E-state index contributed by atoms with van der Waals surface area (Å²) < 4.78 is 9.39. The van der Waals surface area contributed by atoms with Crippen LogP contribution in [0.1, 0.15) is 5.56 Å². The molecule has 0 aliphatic carbocycles. The van der Waals surface area contributed by atoms with Gasteiger partial charge in [-0.25, -0.2) is 0 Å². The van der Waals surface area contributed by atoms with E-state index in [-0.39, 0.29) is 48.0 Å². The molecule has 0 radical (unpaired) electrons. The third kappa shape index (κ3) is 6.91. The zero-order valence-electron chi connectivity index (χ0n) is 22.1. The first-order chi connectivity index (χ1) is 17.4. The fourth-order valence-corrected chi connectivity index (χ4v) is 5.71. The van der Waals surface area contributed by atoms with E-state index < -0.39 is 0 Å². The van der Waals surface area contributed by atoms with Crippen LogP contribution in [0.2, 0.25) is 0 Å². The highest BCUT2D eigenvalue weighted by Gasteiger charge is 2.23. The Morgan fingerprint density at radius 3 is 2.32 bits per heavy atom. The maximum Gasteiger partial charge on any atom is 0.247 e. The molecule has 0 atom stereocenters. The highest BCUT2D eigenvalue weighted by Crippen LogP contribution is 2.37. The van der Waals surface area contributed by atoms with Crippen molar-refractivity contribution < 1.29 is 61.7 Å². The number of ether oxygens (including phenoxy) is 1. The van der Waals surface area contributed by atoms with Gasteiger partial charge in [-0.3, -0.25) is 0 Å². The first-order valence-corrected chi connectivity index (χ1v) is 13.2. The number of hydrogen-bond acceptors (Lipinski definition) is 3. The van der Waals surface area contributed by atoms with E-state index in [1.54, 1.807) is 0 Å². The Morgan fingerprint density at radius 2 is 1.58 bits per heavy atom. The zero-order chi connectivity index (χ0) is 25.1. The van der Waals surface area contributed by atoms with Crippen LogP contribution in [0.15, 0.2) is 108 Å². The van der Waals surface area contributed by atoms with Gasteiger partial charge in [0.25, 0.3) is 0 Å². The smallest absolute Gasteiger partial charge is 0.247 e. The number of allylic oxidation sites excluding steroid dienone is 2. The van der Waals surface area contributed by atoms with Crippen LogP contribution in [-0.2, 0) is 0 Å². The fraction of sp³-hybridized carbons (Fsp3) is 0.194. The van der Waals surface area contributed by atoms with Gasteiger partial charge in [-0.15, -0.1) is 4.57 Å². The maximum atomic E-state index is 6.06. The van der Waals surface area contributed by atoms with Crippen molar-refractivity contribution in [2.24, 2.45) is 0 Å². The average Bonchev–Trinajstić information content (AvgIpc) is 3.19. The molecule has 0 N–H and O–H groups in total. The summed E-state index contributed by atoms with van der Waals surface area (Å²) in [5, 5.41) is 2.46. The SMILES string of the molecule is CN1C(=CC=Cc2cc(SCC[N+](C)(C)C)[n+](-c3ccccc3)c3ccccc23)Oc2ccccc21.[I-].[I-]. The molecule has 0 bridgehead atoms. The quantitative estimate of drug-likeness (QED) is 0.117. The van der Waals surface area contributed by atoms with Crippen LogP contribution in [0.3, 0.4) is 0 Å². The first kappa shape index (κ1) is 30.5. The molecule has 3 aromatic carbocycles. The molecule has 198 valence electrons. The van der Waals surface area contributed by atoms with E-state index in [2.05, 4.69) is 109 Å². The molecule has 0 saturated heterocycles. The molecule has 1 aliphatic heterocycles. The van der Waals surface area contributed by atoms with Crippen LogP contribution in [0.5, 0.6) is 5.75 Å². The number of nitrogens with zero attached hydrogens (tertiary/aromatic N) is 3. The lowest BCUT2D eigenvalue weighted by molar-refractivity contribution is -0.867. The predicted octanol–water partition coefficient (Wildman–Crippen LogP) is 0.306. The minimum Gasteiger partial charge on any atom is -1.00 e. The second-order valence-corrected chi connectivity index (χ2v) is 11.1. The molecule has 0 saturated carbocycles. The van der Waals surface area contributed by atoms with Crippen molar-refractivity contribution >= 4 is 34.4 Å². The molecular weight excluding hydrogens is 716 g/mol. The van der Waals surface area contributed by atoms with Gasteiger partial charge in [-0.05, 0) is 29.8 Å². The van der Waals surface area contributed by atoms with Gasteiger partial charge in [-0.1, -0.05) is 66.4 Å². The molecule has 0 unspecified atom stereocenters. The summed E-state index contributed by atoms with van der Waals surface area (Å²) >= 11 is 1.91. The summed E-state index contributed by atoms with van der Waals surface area (Å²) in [6.45, 7) is 1.09. The van der Waals surface area contributed by atoms with E-state index in [1.165, 1.54) is 27.2 Å². The number of aromatic nitrogens is 1. The van der Waals surface area contributed by atoms with Crippen molar-refractivity contribution in [1.29, 1.82) is 0 Å². The second kappa shape index (κ2) is 13.3. The van der Waals surface area contributed by atoms with Crippen LogP contribution in [0.25, 0.3) is 22.7 Å². The summed E-state index contributed by atoms with van der Waals surface area (Å²) in [6.07, 6.45) is 6.32. The van der Waals surface area contributed by atoms with E-state index in [4.69, 9.17) is 4.74 Å². The van der Waals surface area contributed by atoms with Gasteiger partial charge in [0.2, 0.25) is 16.2 Å². The van der Waals surface area contributed by atoms with E-state index in [0.29, 0.717) is 0 Å². The van der Waals surface area contributed by atoms with E-state index >= 15 is 0 Å². The minimum absolute atomic E-state index is 0. The third-order valence-corrected chi connectivity index (χ3v) is 7.25. The van der Waals surface area contributed by atoms with Crippen LogP contribution in [0, 0.1) is 0 Å². The number of rotatable bonds is 7. The van der Waals surface area contributed by atoms with Crippen LogP contribution in [-0.4, -0.2) is 45.0 Å². The van der Waals surface area contributed by atoms with E-state index in [0.717, 1.165) is 34.1 Å². The van der Waals surface area contributed by atoms with Gasteiger partial charge in [0, 0.05) is 31.3 Å². The van der Waals surface area contributed by atoms with Crippen LogP contribution in [0.4, 0.5) is 5.69 Å². The van der Waals surface area contributed by atoms with Crippen molar-refractivity contribution in [2.45, 2.75) is 5.03 Å². The fourth-order valence-electron chi connectivity index (χ4n) is 4.32. The van der Waals surface area contributed by atoms with Crippen molar-refractivity contribution in [3.05, 3.63) is 109 Å². The topological polar surface area (TPSA) is 16.4 Å². The Balaban J connectivity index is 0.00000200. The van der Waals surface area contributed by atoms with Crippen molar-refractivity contribution in [1.82, 2.24) is 0 Å². The number of hydrogen-bond donors (Lipinski definition) is 0. The van der Waals surface area contributed by atoms with E-state index in [9.17, 15) is 0 Å². The first-order valence-electron chi connectivity index (χ1n) is 12.3. The molecule has 4 nitrogen and oxygen atoms in total. The molecule has 0 spiro atoms. The van der Waals surface area contributed by atoms with Crippen LogP contribution < -0.4 is 62.2 Å². The molecule has 1 aliphatic rings. The highest BCUT2D eigenvalue weighted by atomic mass is 127. The summed E-state index contributed by atoms with van der Waals surface area (Å²) in [4.78, 5) is 2.08. The molecule has 38 heavy (non-hydrogen) atoms. The lowest BCUT2D eigenvalue weighted by Gasteiger charge is -2.23. The molecule has 0 amide bonds. The molecule has 4 aromatic rings. The van der Waals surface area contributed by atoms with Gasteiger partial charge < -0.3 is 62.1 Å². The van der Waals surface area contributed by atoms with Gasteiger partial charge in [0.15, 0.2) is 11.6 Å². The second-order valence-electron chi connectivity index (χ2n) is 9.98. The molecular formula is C31H33I2N3OS. The Hall–Kier alpha value is -2.08. The Labute approximate surface area is 264 Å². The van der Waals surface area contributed by atoms with Crippen molar-refractivity contribution in [2.75, 3.05) is 45.4 Å². The summed E-state index contributed by atoms with van der Waals surface area (Å²) in [5.41, 5.74) is 4.66. The lowest BCUT2D eigenvalue weighted by atomic mass is 10.1. The number of fused-ring (bicyclic) bond motifs is 2. The Morgan fingerprint density at radius 1 is 0.895 bits per heavy atom. The monoisotopic (exact) mass is 749 g/mol. The van der Waals surface area contributed by atoms with Crippen molar-refractivity contribution in [3.8, 4) is 11.4 Å². The van der Waals surface area contributed by atoms with Gasteiger partial charge in [-0.2, -0.15) is 0 Å². The third-order valence-electron chi connectivity index (χ3n) is 6.27. The summed E-state index contributed by atoms with van der Waals surface area (Å²) in [6, 6.07) is 29.7. The van der Waals surface area contributed by atoms with Gasteiger partial charge in [0.05, 0.1) is 44.5 Å². The molecule has 2 heterocycles. The van der Waals surface area contributed by atoms with Crippen LogP contribution >= 0.6 is 11.8 Å².